The summed E-state index contributed by atoms with van der Waals surface area (Å²) < 4.78 is 6.37. The van der Waals surface area contributed by atoms with Crippen LogP contribution in [-0.4, -0.2) is 22.0 Å². The quantitative estimate of drug-likeness (QED) is 0.754. The molecule has 0 aliphatic carbocycles. The Kier molecular flexibility index (Phi) is 6.27. The zero-order valence-electron chi connectivity index (χ0n) is 15.4. The van der Waals surface area contributed by atoms with Crippen molar-refractivity contribution < 1.29 is 14.3 Å². The van der Waals surface area contributed by atoms with Crippen LogP contribution in [0.25, 0.3) is 0 Å². The van der Waals surface area contributed by atoms with Crippen LogP contribution in [0, 0.1) is 6.92 Å². The smallest absolute Gasteiger partial charge is 0.412 e. The average Bonchev–Trinajstić information content (AvgIpc) is 2.55. The van der Waals surface area contributed by atoms with Crippen LogP contribution < -0.4 is 5.32 Å². The van der Waals surface area contributed by atoms with E-state index >= 15 is 0 Å². The maximum absolute atomic E-state index is 12.6. The van der Waals surface area contributed by atoms with Gasteiger partial charge in [-0.25, -0.2) is 9.21 Å². The fourth-order valence-corrected chi connectivity index (χ4v) is 2.49. The van der Waals surface area contributed by atoms with E-state index in [1.165, 1.54) is 0 Å². The first-order valence-corrected chi connectivity index (χ1v) is 8.62. The van der Waals surface area contributed by atoms with Gasteiger partial charge >= 0.3 is 6.09 Å². The first-order valence-electron chi connectivity index (χ1n) is 8.28. The van der Waals surface area contributed by atoms with Crippen LogP contribution in [-0.2, 0) is 11.3 Å². The van der Waals surface area contributed by atoms with E-state index in [0.29, 0.717) is 11.3 Å². The molecule has 0 spiro atoms. The van der Waals surface area contributed by atoms with E-state index in [1.807, 2.05) is 37.3 Å². The highest BCUT2D eigenvalue weighted by Crippen LogP contribution is 2.21. The molecule has 0 aromatic heterocycles. The molecule has 2 aromatic rings. The third-order valence-electron chi connectivity index (χ3n) is 3.50. The van der Waals surface area contributed by atoms with Crippen LogP contribution in [0.3, 0.4) is 0 Å². The molecular formula is C20H23ClN2O3. The normalized spacial score (nSPS) is 11.0. The monoisotopic (exact) mass is 374 g/mol. The lowest BCUT2D eigenvalue weighted by atomic mass is 10.1. The second-order valence-electron chi connectivity index (χ2n) is 6.97. The minimum atomic E-state index is -0.603. The summed E-state index contributed by atoms with van der Waals surface area (Å²) in [5, 5.41) is 2.68. The van der Waals surface area contributed by atoms with Gasteiger partial charge in [0, 0.05) is 23.0 Å². The van der Waals surface area contributed by atoms with Crippen molar-refractivity contribution in [2.75, 3.05) is 5.32 Å². The Morgan fingerprint density at radius 3 is 2.38 bits per heavy atom. The van der Waals surface area contributed by atoms with Crippen molar-refractivity contribution in [1.29, 1.82) is 0 Å². The summed E-state index contributed by atoms with van der Waals surface area (Å²) >= 11 is 6.16. The number of nitrogens with one attached hydrogen (secondary N) is 1. The average molecular weight is 375 g/mol. The molecule has 5 nitrogen and oxygen atoms in total. The van der Waals surface area contributed by atoms with Crippen molar-refractivity contribution in [3.63, 3.8) is 0 Å². The first-order chi connectivity index (χ1) is 12.2. The number of halogens is 1. The summed E-state index contributed by atoms with van der Waals surface area (Å²) in [6.07, 6.45) is -0.572. The van der Waals surface area contributed by atoms with Gasteiger partial charge in [-0.15, -0.1) is 0 Å². The second kappa shape index (κ2) is 8.23. The van der Waals surface area contributed by atoms with E-state index in [1.54, 1.807) is 39.0 Å². The molecule has 138 valence electrons. The van der Waals surface area contributed by atoms with Crippen LogP contribution in [0.15, 0.2) is 48.5 Å². The number of ether oxygens (including phenoxy) is 1. The predicted molar refractivity (Wildman–Crippen MR) is 103 cm³/mol. The Morgan fingerprint density at radius 1 is 1.12 bits per heavy atom. The molecule has 0 radical (unpaired) electrons. The molecule has 2 rings (SSSR count). The van der Waals surface area contributed by atoms with Gasteiger partial charge in [0.05, 0.1) is 6.54 Å². The number of benzene rings is 2. The fraction of sp³-hybridized carbons (Fsp3) is 0.300. The van der Waals surface area contributed by atoms with E-state index in [0.717, 1.165) is 15.5 Å². The lowest BCUT2D eigenvalue weighted by Crippen LogP contribution is -2.27. The number of aryl methyl sites for hydroxylation is 1. The van der Waals surface area contributed by atoms with Crippen LogP contribution >= 0.6 is 11.8 Å². The molecule has 0 bridgehead atoms. The molecule has 0 heterocycles. The van der Waals surface area contributed by atoms with Crippen molar-refractivity contribution in [3.05, 3.63) is 65.2 Å². The number of rotatable bonds is 4. The standard InChI is InChI=1S/C20H23ClN2O3/c1-14-10-11-16(12-17(14)22-19(25)26-20(2,3)4)18(24)23(21)13-15-8-6-5-7-9-15/h5-12H,13H2,1-4H3,(H,22,25). The third-order valence-corrected chi connectivity index (χ3v) is 3.78. The lowest BCUT2D eigenvalue weighted by molar-refractivity contribution is 0.0635. The van der Waals surface area contributed by atoms with E-state index < -0.39 is 11.7 Å². The van der Waals surface area contributed by atoms with Gasteiger partial charge in [0.15, 0.2) is 0 Å². The van der Waals surface area contributed by atoms with Gasteiger partial charge < -0.3 is 4.74 Å². The summed E-state index contributed by atoms with van der Waals surface area (Å²) in [5.41, 5.74) is 2.03. The van der Waals surface area contributed by atoms with E-state index in [9.17, 15) is 9.59 Å². The van der Waals surface area contributed by atoms with E-state index in [-0.39, 0.29) is 12.5 Å². The second-order valence-corrected chi connectivity index (χ2v) is 7.38. The number of carbonyl (C=O) groups excluding carboxylic acids is 2. The van der Waals surface area contributed by atoms with Gasteiger partial charge in [0.1, 0.15) is 5.60 Å². The predicted octanol–water partition coefficient (Wildman–Crippen LogP) is 5.14. The molecule has 2 amide bonds. The number of carbonyl (C=O) groups is 2. The largest absolute Gasteiger partial charge is 0.444 e. The minimum Gasteiger partial charge on any atom is -0.444 e. The van der Waals surface area contributed by atoms with Crippen molar-refractivity contribution in [3.8, 4) is 0 Å². The Balaban J connectivity index is 2.12. The third kappa shape index (κ3) is 5.77. The van der Waals surface area contributed by atoms with Crippen LogP contribution in [0.2, 0.25) is 0 Å². The Bertz CT molecular complexity index is 785. The van der Waals surface area contributed by atoms with Gasteiger partial charge in [-0.2, -0.15) is 0 Å². The molecule has 0 atom stereocenters. The van der Waals surface area contributed by atoms with Crippen molar-refractivity contribution in [2.24, 2.45) is 0 Å². The van der Waals surface area contributed by atoms with Crippen LogP contribution in [0.1, 0.15) is 42.3 Å². The zero-order chi connectivity index (χ0) is 19.3. The molecular weight excluding hydrogens is 352 g/mol. The van der Waals surface area contributed by atoms with Gasteiger partial charge in [0.2, 0.25) is 0 Å². The van der Waals surface area contributed by atoms with Crippen molar-refractivity contribution in [2.45, 2.75) is 39.8 Å². The van der Waals surface area contributed by atoms with Crippen molar-refractivity contribution in [1.82, 2.24) is 4.42 Å². The van der Waals surface area contributed by atoms with E-state index in [2.05, 4.69) is 5.32 Å². The minimum absolute atomic E-state index is 0.282. The van der Waals surface area contributed by atoms with Gasteiger partial charge in [-0.3, -0.25) is 10.1 Å². The topological polar surface area (TPSA) is 58.6 Å². The highest BCUT2D eigenvalue weighted by molar-refractivity contribution is 6.24. The molecule has 1 N–H and O–H groups in total. The molecule has 0 unspecified atom stereocenters. The maximum Gasteiger partial charge on any atom is 0.412 e. The molecule has 0 saturated carbocycles. The number of hydrogen-bond donors (Lipinski definition) is 1. The summed E-state index contributed by atoms with van der Waals surface area (Å²) in [6.45, 7) is 7.48. The highest BCUT2D eigenvalue weighted by atomic mass is 35.5. The molecule has 0 aliphatic heterocycles. The summed E-state index contributed by atoms with van der Waals surface area (Å²) in [7, 11) is 0. The fourth-order valence-electron chi connectivity index (χ4n) is 2.26. The molecule has 6 heteroatoms. The summed E-state index contributed by atoms with van der Waals surface area (Å²) in [4.78, 5) is 24.6. The Morgan fingerprint density at radius 2 is 1.77 bits per heavy atom. The van der Waals surface area contributed by atoms with Gasteiger partial charge in [-0.05, 0) is 51.0 Å². The Hall–Kier alpha value is -2.53. The molecule has 26 heavy (non-hydrogen) atoms. The molecule has 0 aliphatic rings. The number of amides is 2. The number of anilines is 1. The van der Waals surface area contributed by atoms with E-state index in [4.69, 9.17) is 16.5 Å². The number of nitrogens with zero attached hydrogens (tertiary/aromatic N) is 1. The van der Waals surface area contributed by atoms with Crippen molar-refractivity contribution >= 4 is 29.5 Å². The zero-order valence-corrected chi connectivity index (χ0v) is 16.1. The summed E-state index contributed by atoms with van der Waals surface area (Å²) in [6, 6.07) is 14.5. The van der Waals surface area contributed by atoms with Crippen LogP contribution in [0.4, 0.5) is 10.5 Å². The molecule has 2 aromatic carbocycles. The molecule has 0 fully saturated rings. The Labute approximate surface area is 159 Å². The SMILES string of the molecule is Cc1ccc(C(=O)N(Cl)Cc2ccccc2)cc1NC(=O)OC(C)(C)C. The lowest BCUT2D eigenvalue weighted by Gasteiger charge is -2.20. The summed E-state index contributed by atoms with van der Waals surface area (Å²) in [5.74, 6) is -0.345. The van der Waals surface area contributed by atoms with Gasteiger partial charge in [0.25, 0.3) is 5.91 Å². The first kappa shape index (κ1) is 19.8. The highest BCUT2D eigenvalue weighted by Gasteiger charge is 2.19. The maximum atomic E-state index is 12.6. The molecule has 0 saturated heterocycles. The van der Waals surface area contributed by atoms with Gasteiger partial charge in [-0.1, -0.05) is 36.4 Å². The number of hydrogen-bond acceptors (Lipinski definition) is 3. The van der Waals surface area contributed by atoms with Crippen LogP contribution in [0.5, 0.6) is 0 Å².